The number of benzene rings is 1. The first-order chi connectivity index (χ1) is 11.6. The van der Waals surface area contributed by atoms with E-state index in [0.29, 0.717) is 24.0 Å². The molecule has 4 rings (SSSR count). The van der Waals surface area contributed by atoms with Crippen molar-refractivity contribution in [2.45, 2.75) is 37.6 Å². The van der Waals surface area contributed by atoms with Crippen molar-refractivity contribution in [3.05, 3.63) is 40.9 Å². The summed E-state index contributed by atoms with van der Waals surface area (Å²) >= 11 is 6.31. The quantitative estimate of drug-likeness (QED) is 0.886. The second-order valence-corrected chi connectivity index (χ2v) is 6.97. The van der Waals surface area contributed by atoms with E-state index in [0.717, 1.165) is 37.2 Å². The third-order valence-electron chi connectivity index (χ3n) is 4.67. The molecule has 1 saturated heterocycles. The molecule has 2 N–H and O–H groups in total. The van der Waals surface area contributed by atoms with Crippen LogP contribution in [0.3, 0.4) is 0 Å². The van der Waals surface area contributed by atoms with Crippen LogP contribution in [0.5, 0.6) is 0 Å². The van der Waals surface area contributed by atoms with Gasteiger partial charge in [0.25, 0.3) is 5.91 Å². The molecule has 0 unspecified atom stereocenters. The van der Waals surface area contributed by atoms with Gasteiger partial charge in [-0.3, -0.25) is 4.79 Å². The molecule has 6 nitrogen and oxygen atoms in total. The van der Waals surface area contributed by atoms with Crippen molar-refractivity contribution in [1.29, 1.82) is 0 Å². The first-order valence-electron chi connectivity index (χ1n) is 8.40. The molecule has 1 aromatic carbocycles. The Hall–Kier alpha value is -1.63. The lowest BCUT2D eigenvalue weighted by Crippen LogP contribution is -2.43. The Kier molecular flexibility index (Phi) is 5.32. The number of aromatic nitrogens is 3. The zero-order chi connectivity index (χ0) is 16.7. The predicted molar refractivity (Wildman–Crippen MR) is 98.7 cm³/mol. The number of hydrogen-bond donors (Lipinski definition) is 1. The largest absolute Gasteiger partial charge is 0.336 e. The van der Waals surface area contributed by atoms with E-state index < -0.39 is 0 Å². The molecule has 1 aliphatic carbocycles. The van der Waals surface area contributed by atoms with Crippen LogP contribution in [0, 0.1) is 0 Å². The highest BCUT2D eigenvalue weighted by molar-refractivity contribution is 6.32. The minimum Gasteiger partial charge on any atom is -0.336 e. The van der Waals surface area contributed by atoms with Crippen molar-refractivity contribution >= 4 is 29.9 Å². The van der Waals surface area contributed by atoms with Crippen LogP contribution in [0.4, 0.5) is 0 Å². The van der Waals surface area contributed by atoms with Gasteiger partial charge in [0.15, 0.2) is 0 Å². The predicted octanol–water partition coefficient (Wildman–Crippen LogP) is 2.78. The summed E-state index contributed by atoms with van der Waals surface area (Å²) in [6.45, 7) is 1.33. The maximum atomic E-state index is 12.7. The van der Waals surface area contributed by atoms with E-state index in [9.17, 15) is 4.79 Å². The van der Waals surface area contributed by atoms with E-state index in [1.807, 2.05) is 24.3 Å². The van der Waals surface area contributed by atoms with E-state index in [4.69, 9.17) is 17.3 Å². The standard InChI is InChI=1S/C17H20ClN5O.ClH/c18-13-3-1-2-4-14(13)23-16(11-5-6-11)20-15(21-23)17(24)22-9-7-12(19)8-10-22;/h1-4,11-12H,5-10,19H2;1H. The molecule has 0 atom stereocenters. The zero-order valence-corrected chi connectivity index (χ0v) is 15.3. The summed E-state index contributed by atoms with van der Waals surface area (Å²) in [7, 11) is 0. The number of amides is 1. The van der Waals surface area contributed by atoms with Gasteiger partial charge in [-0.25, -0.2) is 9.67 Å². The summed E-state index contributed by atoms with van der Waals surface area (Å²) in [6, 6.07) is 7.69. The monoisotopic (exact) mass is 381 g/mol. The van der Waals surface area contributed by atoms with Crippen LogP contribution in [0.15, 0.2) is 24.3 Å². The van der Waals surface area contributed by atoms with Gasteiger partial charge in [0, 0.05) is 25.0 Å². The summed E-state index contributed by atoms with van der Waals surface area (Å²) in [5, 5.41) is 5.10. The number of rotatable bonds is 3. The number of halogens is 2. The average molecular weight is 382 g/mol. The minimum absolute atomic E-state index is 0. The second kappa shape index (κ2) is 7.32. The molecule has 1 aliphatic heterocycles. The van der Waals surface area contributed by atoms with Crippen LogP contribution in [0.1, 0.15) is 48.0 Å². The fraction of sp³-hybridized carbons (Fsp3) is 0.471. The number of hydrogen-bond acceptors (Lipinski definition) is 4. The molecular formula is C17H21Cl2N5O. The van der Waals surface area contributed by atoms with Crippen molar-refractivity contribution in [2.24, 2.45) is 5.73 Å². The second-order valence-electron chi connectivity index (χ2n) is 6.56. The molecule has 2 fully saturated rings. The Balaban J connectivity index is 0.00000182. The van der Waals surface area contributed by atoms with Crippen molar-refractivity contribution in [3.8, 4) is 5.69 Å². The van der Waals surface area contributed by atoms with Crippen molar-refractivity contribution in [3.63, 3.8) is 0 Å². The third-order valence-corrected chi connectivity index (χ3v) is 4.99. The lowest BCUT2D eigenvalue weighted by atomic mass is 10.1. The molecule has 0 spiro atoms. The molecule has 2 aliphatic rings. The van der Waals surface area contributed by atoms with E-state index in [1.54, 1.807) is 9.58 Å². The summed E-state index contributed by atoms with van der Waals surface area (Å²) in [5.41, 5.74) is 6.69. The van der Waals surface area contributed by atoms with Gasteiger partial charge in [-0.2, -0.15) is 0 Å². The Morgan fingerprint density at radius 1 is 1.16 bits per heavy atom. The van der Waals surface area contributed by atoms with Crippen LogP contribution >= 0.6 is 24.0 Å². The summed E-state index contributed by atoms with van der Waals surface area (Å²) in [6.07, 6.45) is 3.81. The zero-order valence-electron chi connectivity index (χ0n) is 13.8. The summed E-state index contributed by atoms with van der Waals surface area (Å²) < 4.78 is 1.74. The van der Waals surface area contributed by atoms with Crippen LogP contribution in [0.25, 0.3) is 5.69 Å². The van der Waals surface area contributed by atoms with Crippen molar-refractivity contribution in [2.75, 3.05) is 13.1 Å². The average Bonchev–Trinajstić information content (AvgIpc) is 3.34. The first kappa shape index (κ1) is 18.2. The SMILES string of the molecule is Cl.NC1CCN(C(=O)c2nc(C3CC3)n(-c3ccccc3Cl)n2)CC1. The number of para-hydroxylation sites is 1. The Morgan fingerprint density at radius 3 is 2.48 bits per heavy atom. The van der Waals surface area contributed by atoms with E-state index >= 15 is 0 Å². The van der Waals surface area contributed by atoms with Gasteiger partial charge in [-0.1, -0.05) is 23.7 Å². The van der Waals surface area contributed by atoms with Gasteiger partial charge in [0.2, 0.25) is 5.82 Å². The molecule has 2 heterocycles. The van der Waals surface area contributed by atoms with Crippen LogP contribution in [0.2, 0.25) is 5.02 Å². The molecule has 25 heavy (non-hydrogen) atoms. The number of piperidine rings is 1. The van der Waals surface area contributed by atoms with E-state index in [-0.39, 0.29) is 30.2 Å². The van der Waals surface area contributed by atoms with Gasteiger partial charge in [0.05, 0.1) is 10.7 Å². The van der Waals surface area contributed by atoms with Gasteiger partial charge < -0.3 is 10.6 Å². The fourth-order valence-electron chi connectivity index (χ4n) is 3.07. The minimum atomic E-state index is -0.116. The molecule has 2 aromatic rings. The molecule has 0 radical (unpaired) electrons. The number of carbonyl (C=O) groups excluding carboxylic acids is 1. The van der Waals surface area contributed by atoms with Crippen molar-refractivity contribution in [1.82, 2.24) is 19.7 Å². The molecule has 1 saturated carbocycles. The molecule has 0 bridgehead atoms. The van der Waals surface area contributed by atoms with Gasteiger partial charge in [-0.05, 0) is 37.8 Å². The maximum Gasteiger partial charge on any atom is 0.293 e. The number of nitrogens with zero attached hydrogens (tertiary/aromatic N) is 4. The van der Waals surface area contributed by atoms with Crippen LogP contribution in [-0.2, 0) is 0 Å². The normalized spacial score (nSPS) is 18.1. The summed E-state index contributed by atoms with van der Waals surface area (Å²) in [4.78, 5) is 19.1. The third kappa shape index (κ3) is 3.66. The molecular weight excluding hydrogens is 361 g/mol. The Labute approximate surface area is 157 Å². The smallest absolute Gasteiger partial charge is 0.293 e. The van der Waals surface area contributed by atoms with E-state index in [1.165, 1.54) is 0 Å². The topological polar surface area (TPSA) is 77.0 Å². The highest BCUT2D eigenvalue weighted by atomic mass is 35.5. The lowest BCUT2D eigenvalue weighted by Gasteiger charge is -2.29. The number of likely N-dealkylation sites (tertiary alicyclic amines) is 1. The van der Waals surface area contributed by atoms with Gasteiger partial charge >= 0.3 is 0 Å². The maximum absolute atomic E-state index is 12.7. The van der Waals surface area contributed by atoms with Gasteiger partial charge in [0.1, 0.15) is 5.82 Å². The molecule has 1 amide bonds. The van der Waals surface area contributed by atoms with Crippen molar-refractivity contribution < 1.29 is 4.79 Å². The first-order valence-corrected chi connectivity index (χ1v) is 8.78. The fourth-order valence-corrected chi connectivity index (χ4v) is 3.28. The molecule has 8 heteroatoms. The summed E-state index contributed by atoms with van der Waals surface area (Å²) in [5.74, 6) is 1.34. The van der Waals surface area contributed by atoms with Crippen LogP contribution in [-0.4, -0.2) is 44.7 Å². The molecule has 134 valence electrons. The highest BCUT2D eigenvalue weighted by Crippen LogP contribution is 2.40. The number of nitrogens with two attached hydrogens (primary N) is 1. The molecule has 1 aromatic heterocycles. The highest BCUT2D eigenvalue weighted by Gasteiger charge is 2.33. The Bertz CT molecular complexity index is 766. The number of carbonyl (C=O) groups is 1. The van der Waals surface area contributed by atoms with Crippen LogP contribution < -0.4 is 5.73 Å². The van der Waals surface area contributed by atoms with Gasteiger partial charge in [-0.15, -0.1) is 17.5 Å². The Morgan fingerprint density at radius 2 is 1.84 bits per heavy atom. The van der Waals surface area contributed by atoms with E-state index in [2.05, 4.69) is 10.1 Å². The lowest BCUT2D eigenvalue weighted by molar-refractivity contribution is 0.0702.